The molecule has 0 aliphatic carbocycles. The first-order chi connectivity index (χ1) is 15.4. The second-order valence-corrected chi connectivity index (χ2v) is 8.09. The molecule has 2 atom stereocenters. The molecule has 0 saturated carbocycles. The lowest BCUT2D eigenvalue weighted by Gasteiger charge is -2.39. The minimum absolute atomic E-state index is 0.221. The first-order valence-corrected chi connectivity index (χ1v) is 10.6. The molecular formula is C25H26FN3O3. The van der Waals surface area contributed by atoms with Crippen molar-refractivity contribution in [2.24, 2.45) is 4.99 Å². The monoisotopic (exact) mass is 435 g/mol. The number of benzene rings is 2. The van der Waals surface area contributed by atoms with E-state index in [1.165, 1.54) is 12.1 Å². The molecule has 4 rings (SSSR count). The largest absolute Gasteiger partial charge is 0.383 e. The van der Waals surface area contributed by atoms with Crippen molar-refractivity contribution in [2.75, 3.05) is 26.8 Å². The Hall–Kier alpha value is -3.32. The van der Waals surface area contributed by atoms with E-state index in [9.17, 15) is 14.0 Å². The first-order valence-electron chi connectivity index (χ1n) is 10.6. The number of amides is 2. The molecule has 32 heavy (non-hydrogen) atoms. The molecule has 0 spiro atoms. The normalized spacial score (nSPS) is 20.3. The fourth-order valence-electron chi connectivity index (χ4n) is 4.43. The van der Waals surface area contributed by atoms with Crippen molar-refractivity contribution in [1.82, 2.24) is 10.2 Å². The van der Waals surface area contributed by atoms with Crippen molar-refractivity contribution < 1.29 is 18.7 Å². The molecule has 0 bridgehead atoms. The van der Waals surface area contributed by atoms with Gasteiger partial charge in [0, 0.05) is 42.1 Å². The van der Waals surface area contributed by atoms with Crippen LogP contribution in [0.25, 0.3) is 0 Å². The zero-order chi connectivity index (χ0) is 22.8. The third kappa shape index (κ3) is 4.08. The Morgan fingerprint density at radius 2 is 1.97 bits per heavy atom. The second kappa shape index (κ2) is 9.04. The minimum Gasteiger partial charge on any atom is -0.383 e. The highest BCUT2D eigenvalue weighted by Gasteiger charge is 2.45. The van der Waals surface area contributed by atoms with E-state index in [2.05, 4.69) is 10.3 Å². The van der Waals surface area contributed by atoms with Crippen LogP contribution in [-0.4, -0.2) is 55.3 Å². The van der Waals surface area contributed by atoms with Crippen LogP contribution in [0.15, 0.2) is 64.8 Å². The Morgan fingerprint density at radius 3 is 2.66 bits per heavy atom. The molecule has 0 radical (unpaired) electrons. The number of rotatable bonds is 6. The van der Waals surface area contributed by atoms with Gasteiger partial charge in [0.15, 0.2) is 0 Å². The second-order valence-electron chi connectivity index (χ2n) is 8.09. The summed E-state index contributed by atoms with van der Waals surface area (Å²) in [4.78, 5) is 33.0. The van der Waals surface area contributed by atoms with Gasteiger partial charge in [0.1, 0.15) is 11.9 Å². The lowest BCUT2D eigenvalue weighted by atomic mass is 9.79. The van der Waals surface area contributed by atoms with Gasteiger partial charge in [-0.25, -0.2) is 4.39 Å². The summed E-state index contributed by atoms with van der Waals surface area (Å²) in [6.07, 6.45) is 0. The summed E-state index contributed by atoms with van der Waals surface area (Å²) in [5.74, 6) is -1.37. The Morgan fingerprint density at radius 1 is 1.22 bits per heavy atom. The molecule has 0 saturated heterocycles. The zero-order valence-electron chi connectivity index (χ0n) is 18.4. The summed E-state index contributed by atoms with van der Waals surface area (Å²) in [5.41, 5.74) is 4.73. The number of nitrogens with one attached hydrogen (secondary N) is 1. The molecule has 2 aliphatic heterocycles. The summed E-state index contributed by atoms with van der Waals surface area (Å²) >= 11 is 0. The SMILES string of the molecule is COCCN1C(=O)[C@@H](NC(=O)c2cccc(C)c2)[C@@H](c2ccc(F)cc2)C2=C1CN=C2C. The van der Waals surface area contributed by atoms with E-state index in [4.69, 9.17) is 4.74 Å². The molecular weight excluding hydrogens is 409 g/mol. The number of nitrogens with zero attached hydrogens (tertiary/aromatic N) is 2. The molecule has 2 aromatic carbocycles. The maximum absolute atomic E-state index is 13.7. The third-order valence-corrected chi connectivity index (χ3v) is 5.98. The van der Waals surface area contributed by atoms with E-state index in [1.54, 1.807) is 36.3 Å². The molecule has 6 nitrogen and oxygen atoms in total. The summed E-state index contributed by atoms with van der Waals surface area (Å²) in [7, 11) is 1.58. The van der Waals surface area contributed by atoms with Gasteiger partial charge in [-0.1, -0.05) is 29.8 Å². The lowest BCUT2D eigenvalue weighted by Crippen LogP contribution is -2.56. The van der Waals surface area contributed by atoms with Crippen molar-refractivity contribution in [3.63, 3.8) is 0 Å². The molecule has 1 N–H and O–H groups in total. The maximum atomic E-state index is 13.7. The molecule has 2 heterocycles. The molecule has 2 aliphatic rings. The maximum Gasteiger partial charge on any atom is 0.251 e. The Kier molecular flexibility index (Phi) is 6.19. The average molecular weight is 435 g/mol. The number of methoxy groups -OCH3 is 1. The molecule has 166 valence electrons. The number of aliphatic imine (C=N–C) groups is 1. The van der Waals surface area contributed by atoms with Crippen LogP contribution < -0.4 is 5.32 Å². The fraction of sp³-hybridized carbons (Fsp3) is 0.320. The van der Waals surface area contributed by atoms with Gasteiger partial charge in [0.25, 0.3) is 5.91 Å². The van der Waals surface area contributed by atoms with E-state index in [1.807, 2.05) is 26.0 Å². The summed E-state index contributed by atoms with van der Waals surface area (Å²) in [6.45, 7) is 4.94. The van der Waals surface area contributed by atoms with E-state index in [0.717, 1.165) is 28.1 Å². The predicted molar refractivity (Wildman–Crippen MR) is 120 cm³/mol. The topological polar surface area (TPSA) is 71.0 Å². The lowest BCUT2D eigenvalue weighted by molar-refractivity contribution is -0.133. The number of hydrogen-bond donors (Lipinski definition) is 1. The fourth-order valence-corrected chi connectivity index (χ4v) is 4.43. The quantitative estimate of drug-likeness (QED) is 0.757. The van der Waals surface area contributed by atoms with Crippen molar-refractivity contribution in [2.45, 2.75) is 25.8 Å². The highest BCUT2D eigenvalue weighted by molar-refractivity contribution is 6.07. The molecule has 7 heteroatoms. The van der Waals surface area contributed by atoms with E-state index >= 15 is 0 Å². The van der Waals surface area contributed by atoms with Crippen LogP contribution in [-0.2, 0) is 9.53 Å². The van der Waals surface area contributed by atoms with E-state index < -0.39 is 12.0 Å². The molecule has 0 aromatic heterocycles. The van der Waals surface area contributed by atoms with Gasteiger partial charge in [0.05, 0.1) is 13.2 Å². The van der Waals surface area contributed by atoms with Crippen LogP contribution in [0.5, 0.6) is 0 Å². The van der Waals surface area contributed by atoms with Crippen molar-refractivity contribution in [3.05, 3.63) is 82.3 Å². The number of halogens is 1. The summed E-state index contributed by atoms with van der Waals surface area (Å²) < 4.78 is 18.9. The summed E-state index contributed by atoms with van der Waals surface area (Å²) in [6, 6.07) is 12.4. The standard InChI is InChI=1S/C25H26FN3O3/c1-15-5-4-6-18(13-15)24(30)28-23-22(17-7-9-19(26)10-8-17)21-16(2)27-14-20(21)29(25(23)31)11-12-32-3/h4-10,13,22-23H,11-12,14H2,1-3H3,(H,28,30)/t22-,23-/m0/s1. The average Bonchev–Trinajstić information content (AvgIpc) is 3.15. The van der Waals surface area contributed by atoms with E-state index in [-0.39, 0.29) is 17.6 Å². The van der Waals surface area contributed by atoms with Crippen LogP contribution in [0.4, 0.5) is 4.39 Å². The highest BCUT2D eigenvalue weighted by Crippen LogP contribution is 2.40. The van der Waals surface area contributed by atoms with Crippen LogP contribution in [0.2, 0.25) is 0 Å². The Balaban J connectivity index is 1.78. The minimum atomic E-state index is -0.854. The van der Waals surface area contributed by atoms with Crippen molar-refractivity contribution >= 4 is 17.5 Å². The number of hydrogen-bond acceptors (Lipinski definition) is 4. The van der Waals surface area contributed by atoms with E-state index in [0.29, 0.717) is 25.3 Å². The molecule has 0 fully saturated rings. The number of aryl methyl sites for hydroxylation is 1. The summed E-state index contributed by atoms with van der Waals surface area (Å²) in [5, 5.41) is 2.96. The van der Waals surface area contributed by atoms with Gasteiger partial charge >= 0.3 is 0 Å². The predicted octanol–water partition coefficient (Wildman–Crippen LogP) is 3.23. The molecule has 0 unspecified atom stereocenters. The molecule has 2 amide bonds. The Labute approximate surface area is 186 Å². The molecule has 2 aromatic rings. The Bertz CT molecular complexity index is 1110. The van der Waals surface area contributed by atoms with Gasteiger partial charge in [-0.3, -0.25) is 14.6 Å². The highest BCUT2D eigenvalue weighted by atomic mass is 19.1. The first kappa shape index (κ1) is 21.9. The van der Waals surface area contributed by atoms with Crippen LogP contribution in [0, 0.1) is 12.7 Å². The number of carbonyl (C=O) groups is 2. The van der Waals surface area contributed by atoms with Crippen LogP contribution >= 0.6 is 0 Å². The van der Waals surface area contributed by atoms with Gasteiger partial charge in [-0.15, -0.1) is 0 Å². The third-order valence-electron chi connectivity index (χ3n) is 5.98. The van der Waals surface area contributed by atoms with Crippen molar-refractivity contribution in [1.29, 1.82) is 0 Å². The van der Waals surface area contributed by atoms with Gasteiger partial charge < -0.3 is 15.0 Å². The smallest absolute Gasteiger partial charge is 0.251 e. The van der Waals surface area contributed by atoms with Gasteiger partial charge in [-0.05, 0) is 43.7 Å². The zero-order valence-corrected chi connectivity index (χ0v) is 18.4. The number of ether oxygens (including phenoxy) is 1. The van der Waals surface area contributed by atoms with Crippen molar-refractivity contribution in [3.8, 4) is 0 Å². The number of carbonyl (C=O) groups excluding carboxylic acids is 2. The van der Waals surface area contributed by atoms with Crippen LogP contribution in [0.1, 0.15) is 34.3 Å². The van der Waals surface area contributed by atoms with Gasteiger partial charge in [0.2, 0.25) is 5.91 Å². The van der Waals surface area contributed by atoms with Gasteiger partial charge in [-0.2, -0.15) is 0 Å². The van der Waals surface area contributed by atoms with Crippen LogP contribution in [0.3, 0.4) is 0 Å².